The summed E-state index contributed by atoms with van der Waals surface area (Å²) < 4.78 is 28.5. The molecule has 0 atom stereocenters. The second kappa shape index (κ2) is 4.22. The second-order valence-electron chi connectivity index (χ2n) is 1.99. The van der Waals surface area contributed by atoms with Gasteiger partial charge in [0.05, 0.1) is 7.11 Å². The Labute approximate surface area is 77.5 Å². The molecular formula is C6H7F2N3OS. The van der Waals surface area contributed by atoms with Crippen LogP contribution in [0.3, 0.4) is 0 Å². The minimum absolute atomic E-state index is 0.0810. The Hall–Kier alpha value is -1.11. The summed E-state index contributed by atoms with van der Waals surface area (Å²) in [4.78, 5) is 7.24. The Morgan fingerprint density at radius 3 is 2.77 bits per heavy atom. The summed E-state index contributed by atoms with van der Waals surface area (Å²) in [6.45, 7) is 0. The van der Waals surface area contributed by atoms with E-state index in [1.807, 2.05) is 0 Å². The number of alkyl halides is 2. The smallest absolute Gasteiger partial charge is 0.290 e. The van der Waals surface area contributed by atoms with Crippen LogP contribution in [-0.2, 0) is 0 Å². The minimum atomic E-state index is -2.53. The average molecular weight is 207 g/mol. The molecule has 7 heteroatoms. The molecule has 0 unspecified atom stereocenters. The monoisotopic (exact) mass is 207 g/mol. The number of aromatic nitrogens is 2. The number of nitrogen functional groups attached to an aromatic ring is 1. The molecule has 0 saturated heterocycles. The SMILES string of the molecule is COc1cc(SC(F)F)nc(N)n1. The van der Waals surface area contributed by atoms with E-state index >= 15 is 0 Å². The number of hydrogen-bond donors (Lipinski definition) is 1. The van der Waals surface area contributed by atoms with Crippen LogP contribution in [-0.4, -0.2) is 22.8 Å². The van der Waals surface area contributed by atoms with Gasteiger partial charge in [0.2, 0.25) is 11.8 Å². The third-order valence-corrected chi connectivity index (χ3v) is 1.74. The maximum atomic E-state index is 11.9. The van der Waals surface area contributed by atoms with Gasteiger partial charge in [0.15, 0.2) is 0 Å². The number of anilines is 1. The van der Waals surface area contributed by atoms with Crippen LogP contribution in [0.1, 0.15) is 0 Å². The van der Waals surface area contributed by atoms with Crippen LogP contribution in [0.15, 0.2) is 11.1 Å². The molecule has 13 heavy (non-hydrogen) atoms. The quantitative estimate of drug-likeness (QED) is 0.599. The Bertz CT molecular complexity index is 297. The summed E-state index contributed by atoms with van der Waals surface area (Å²) in [5.74, 6) is -2.43. The maximum Gasteiger partial charge on any atom is 0.290 e. The van der Waals surface area contributed by atoms with Gasteiger partial charge in [-0.15, -0.1) is 0 Å². The molecule has 0 aliphatic rings. The van der Waals surface area contributed by atoms with Crippen LogP contribution in [0.2, 0.25) is 0 Å². The van der Waals surface area contributed by atoms with E-state index in [0.717, 1.165) is 0 Å². The summed E-state index contributed by atoms with van der Waals surface area (Å²) in [5, 5.41) is 0.0966. The van der Waals surface area contributed by atoms with Gasteiger partial charge in [0.25, 0.3) is 5.76 Å². The lowest BCUT2D eigenvalue weighted by atomic mass is 10.6. The molecule has 0 amide bonds. The molecule has 2 N–H and O–H groups in total. The first-order valence-corrected chi connectivity index (χ1v) is 4.13. The number of rotatable bonds is 3. The molecule has 0 bridgehead atoms. The van der Waals surface area contributed by atoms with Crippen molar-refractivity contribution < 1.29 is 13.5 Å². The van der Waals surface area contributed by atoms with Gasteiger partial charge in [-0.25, -0.2) is 4.98 Å². The highest BCUT2D eigenvalue weighted by molar-refractivity contribution is 7.99. The fraction of sp³-hybridized carbons (Fsp3) is 0.333. The third kappa shape index (κ3) is 3.02. The molecular weight excluding hydrogens is 200 g/mol. The number of thioether (sulfide) groups is 1. The van der Waals surface area contributed by atoms with E-state index in [2.05, 4.69) is 9.97 Å². The largest absolute Gasteiger partial charge is 0.481 e. The Morgan fingerprint density at radius 1 is 1.54 bits per heavy atom. The molecule has 1 heterocycles. The molecule has 0 fully saturated rings. The molecule has 0 aliphatic heterocycles. The van der Waals surface area contributed by atoms with E-state index < -0.39 is 5.76 Å². The van der Waals surface area contributed by atoms with Crippen molar-refractivity contribution in [2.45, 2.75) is 10.8 Å². The summed E-state index contributed by atoms with van der Waals surface area (Å²) in [6.07, 6.45) is 0. The normalized spacial score (nSPS) is 10.5. The lowest BCUT2D eigenvalue weighted by Crippen LogP contribution is -1.99. The van der Waals surface area contributed by atoms with Gasteiger partial charge in [-0.3, -0.25) is 0 Å². The van der Waals surface area contributed by atoms with Crippen LogP contribution in [0.5, 0.6) is 5.88 Å². The summed E-state index contributed by atoms with van der Waals surface area (Å²) in [7, 11) is 1.37. The number of hydrogen-bond acceptors (Lipinski definition) is 5. The van der Waals surface area contributed by atoms with Crippen molar-refractivity contribution in [1.29, 1.82) is 0 Å². The van der Waals surface area contributed by atoms with Gasteiger partial charge in [-0.1, -0.05) is 0 Å². The van der Waals surface area contributed by atoms with E-state index in [-0.39, 0.29) is 16.9 Å². The summed E-state index contributed by atoms with van der Waals surface area (Å²) >= 11 is 0.298. The Morgan fingerprint density at radius 2 is 2.23 bits per heavy atom. The van der Waals surface area contributed by atoms with E-state index in [1.54, 1.807) is 0 Å². The van der Waals surface area contributed by atoms with Gasteiger partial charge in [-0.2, -0.15) is 13.8 Å². The van der Waals surface area contributed by atoms with Gasteiger partial charge in [0.1, 0.15) is 5.03 Å². The van der Waals surface area contributed by atoms with Gasteiger partial charge < -0.3 is 10.5 Å². The average Bonchev–Trinajstić information content (AvgIpc) is 2.01. The van der Waals surface area contributed by atoms with Crippen molar-refractivity contribution in [1.82, 2.24) is 9.97 Å². The minimum Gasteiger partial charge on any atom is -0.481 e. The van der Waals surface area contributed by atoms with Crippen molar-refractivity contribution in [2.24, 2.45) is 0 Å². The number of ether oxygens (including phenoxy) is 1. The van der Waals surface area contributed by atoms with Crippen molar-refractivity contribution in [3.63, 3.8) is 0 Å². The van der Waals surface area contributed by atoms with Crippen molar-refractivity contribution in [3.05, 3.63) is 6.07 Å². The van der Waals surface area contributed by atoms with E-state index in [1.165, 1.54) is 13.2 Å². The summed E-state index contributed by atoms with van der Waals surface area (Å²) in [5.41, 5.74) is 5.25. The van der Waals surface area contributed by atoms with E-state index in [4.69, 9.17) is 10.5 Å². The molecule has 0 saturated carbocycles. The standard InChI is InChI=1S/C6H7F2N3OS/c1-12-3-2-4(13-5(7)8)11-6(9)10-3/h2,5H,1H3,(H2,9,10,11). The van der Waals surface area contributed by atoms with Crippen molar-refractivity contribution in [3.8, 4) is 5.88 Å². The van der Waals surface area contributed by atoms with Crippen LogP contribution >= 0.6 is 11.8 Å². The predicted octanol–water partition coefficient (Wildman–Crippen LogP) is 1.38. The molecule has 0 spiro atoms. The molecule has 0 radical (unpaired) electrons. The number of nitrogens with two attached hydrogens (primary N) is 1. The lowest BCUT2D eigenvalue weighted by Gasteiger charge is -2.02. The fourth-order valence-corrected chi connectivity index (χ4v) is 1.17. The maximum absolute atomic E-state index is 11.9. The number of methoxy groups -OCH3 is 1. The zero-order valence-corrected chi connectivity index (χ0v) is 7.52. The zero-order valence-electron chi connectivity index (χ0n) is 6.70. The topological polar surface area (TPSA) is 61.0 Å². The second-order valence-corrected chi connectivity index (χ2v) is 3.00. The van der Waals surface area contributed by atoms with E-state index in [0.29, 0.717) is 11.8 Å². The summed E-state index contributed by atoms with van der Waals surface area (Å²) in [6, 6.07) is 1.30. The van der Waals surface area contributed by atoms with Crippen molar-refractivity contribution in [2.75, 3.05) is 12.8 Å². The highest BCUT2D eigenvalue weighted by Crippen LogP contribution is 2.25. The van der Waals surface area contributed by atoms with Gasteiger partial charge in [-0.05, 0) is 11.8 Å². The van der Waals surface area contributed by atoms with E-state index in [9.17, 15) is 8.78 Å². The Kier molecular flexibility index (Phi) is 3.24. The molecule has 4 nitrogen and oxygen atoms in total. The third-order valence-electron chi connectivity index (χ3n) is 1.12. The van der Waals surface area contributed by atoms with Gasteiger partial charge >= 0.3 is 0 Å². The number of nitrogens with zero attached hydrogens (tertiary/aromatic N) is 2. The lowest BCUT2D eigenvalue weighted by molar-refractivity contribution is 0.252. The first-order chi connectivity index (χ1) is 6.11. The zero-order chi connectivity index (χ0) is 9.84. The first-order valence-electron chi connectivity index (χ1n) is 3.25. The molecule has 0 aliphatic carbocycles. The first kappa shape index (κ1) is 9.97. The molecule has 1 rings (SSSR count). The van der Waals surface area contributed by atoms with Gasteiger partial charge in [0, 0.05) is 6.07 Å². The van der Waals surface area contributed by atoms with Crippen LogP contribution < -0.4 is 10.5 Å². The Balaban J connectivity index is 2.88. The highest BCUT2D eigenvalue weighted by Gasteiger charge is 2.09. The van der Waals surface area contributed by atoms with Crippen molar-refractivity contribution >= 4 is 17.7 Å². The molecule has 1 aromatic rings. The fourth-order valence-electron chi connectivity index (χ4n) is 0.677. The molecule has 0 aromatic carbocycles. The predicted molar refractivity (Wildman–Crippen MR) is 44.9 cm³/mol. The highest BCUT2D eigenvalue weighted by atomic mass is 32.2. The molecule has 72 valence electrons. The van der Waals surface area contributed by atoms with Crippen LogP contribution in [0.4, 0.5) is 14.7 Å². The van der Waals surface area contributed by atoms with Crippen LogP contribution in [0.25, 0.3) is 0 Å². The van der Waals surface area contributed by atoms with Crippen LogP contribution in [0, 0.1) is 0 Å². The molecule has 1 aromatic heterocycles. The number of halogens is 2.